The Morgan fingerprint density at radius 3 is 2.09 bits per heavy atom. The fraction of sp³-hybridized carbons (Fsp3) is 0.500. The van der Waals surface area contributed by atoms with Crippen LogP contribution in [0.15, 0.2) is 12.1 Å². The number of hydrogen-bond acceptors (Lipinski definition) is 6. The van der Waals surface area contributed by atoms with Crippen LogP contribution >= 0.6 is 11.3 Å². The average Bonchev–Trinajstić information content (AvgIpc) is 3.43. The van der Waals surface area contributed by atoms with Crippen LogP contribution < -0.4 is 0 Å². The summed E-state index contributed by atoms with van der Waals surface area (Å²) in [6.07, 6.45) is 12.2. The lowest BCUT2D eigenvalue weighted by Gasteiger charge is -2.07. The van der Waals surface area contributed by atoms with Gasteiger partial charge < -0.3 is 5.11 Å². The Bertz CT molecular complexity index is 850. The number of sulfone groups is 1. The van der Waals surface area contributed by atoms with E-state index in [1.54, 1.807) is 18.9 Å². The van der Waals surface area contributed by atoms with E-state index >= 15 is 0 Å². The van der Waals surface area contributed by atoms with E-state index in [0.717, 1.165) is 4.88 Å². The monoisotopic (exact) mass is 479 g/mol. The molecule has 0 spiro atoms. The first-order valence-corrected chi connectivity index (χ1v) is 13.7. The van der Waals surface area contributed by atoms with Gasteiger partial charge in [-0.1, -0.05) is 6.42 Å². The third-order valence-corrected chi connectivity index (χ3v) is 8.21. The van der Waals surface area contributed by atoms with Crippen molar-refractivity contribution in [2.45, 2.75) is 64.2 Å². The van der Waals surface area contributed by atoms with Crippen LogP contribution in [0.5, 0.6) is 0 Å². The molecule has 175 valence electrons. The summed E-state index contributed by atoms with van der Waals surface area (Å²) in [5, 5.41) is 8.68. The number of aryl methyl sites for hydroxylation is 1. The summed E-state index contributed by atoms with van der Waals surface area (Å²) in [6.45, 7) is 0. The van der Waals surface area contributed by atoms with Gasteiger partial charge in [-0.25, -0.2) is 8.42 Å². The van der Waals surface area contributed by atoms with E-state index in [4.69, 9.17) is 5.11 Å². The normalized spacial score (nSPS) is 14.6. The Balaban J connectivity index is 1.54. The maximum Gasteiger partial charge on any atom is 0.303 e. The highest BCUT2D eigenvalue weighted by molar-refractivity contribution is 7.91. The maximum absolute atomic E-state index is 12.3. The number of carboxylic acids is 1. The number of carboxylic acid groups (broad SMARTS) is 1. The molecular weight excluding hydrogens is 448 g/mol. The van der Waals surface area contributed by atoms with E-state index in [-0.39, 0.29) is 29.5 Å². The molecule has 1 aromatic rings. The fourth-order valence-electron chi connectivity index (χ4n) is 3.40. The summed E-state index contributed by atoms with van der Waals surface area (Å²) in [5.41, 5.74) is 0. The Hall–Kier alpha value is -1.54. The van der Waals surface area contributed by atoms with Crippen LogP contribution in [0, 0.1) is 31.6 Å². The molecule has 0 saturated heterocycles. The van der Waals surface area contributed by atoms with Crippen molar-refractivity contribution >= 4 is 38.7 Å². The highest BCUT2D eigenvalue weighted by Gasteiger charge is 2.23. The predicted octanol–water partition coefficient (Wildman–Crippen LogP) is 4.46. The van der Waals surface area contributed by atoms with Crippen molar-refractivity contribution in [2.24, 2.45) is 0 Å². The maximum atomic E-state index is 12.3. The van der Waals surface area contributed by atoms with Crippen LogP contribution in [0.3, 0.4) is 0 Å². The first-order valence-electron chi connectivity index (χ1n) is 11.1. The van der Waals surface area contributed by atoms with Crippen molar-refractivity contribution in [1.82, 2.24) is 0 Å². The molecule has 0 atom stereocenters. The van der Waals surface area contributed by atoms with E-state index in [1.807, 2.05) is 18.9 Å². The van der Waals surface area contributed by atoms with Crippen LogP contribution in [0.25, 0.3) is 0 Å². The Morgan fingerprint density at radius 2 is 1.41 bits per heavy atom. The van der Waals surface area contributed by atoms with Gasteiger partial charge in [-0.15, -0.1) is 11.3 Å². The molecule has 0 aromatic carbocycles. The van der Waals surface area contributed by atoms with Gasteiger partial charge in [0.1, 0.15) is 15.6 Å². The van der Waals surface area contributed by atoms with Gasteiger partial charge in [0.25, 0.3) is 0 Å². The first kappa shape index (κ1) is 26.7. The van der Waals surface area contributed by atoms with Crippen LogP contribution in [-0.2, 0) is 25.8 Å². The van der Waals surface area contributed by atoms with E-state index in [1.165, 1.54) is 11.3 Å². The molecule has 32 heavy (non-hydrogen) atoms. The van der Waals surface area contributed by atoms with Crippen molar-refractivity contribution in [1.29, 1.82) is 0 Å². The van der Waals surface area contributed by atoms with Gasteiger partial charge in [-0.05, 0) is 76.3 Å². The van der Waals surface area contributed by atoms with Crippen molar-refractivity contribution in [3.63, 3.8) is 0 Å². The Kier molecular flexibility index (Phi) is 11.6. The number of hydrogen-bond donors (Lipinski definition) is 1. The molecule has 0 bridgehead atoms. The third-order valence-electron chi connectivity index (χ3n) is 5.20. The molecule has 1 heterocycles. The number of carbonyl (C=O) groups is 3. The first-order chi connectivity index (χ1) is 15.3. The van der Waals surface area contributed by atoms with E-state index in [9.17, 15) is 22.8 Å². The zero-order valence-electron chi connectivity index (χ0n) is 18.3. The average molecular weight is 480 g/mol. The molecule has 1 aliphatic rings. The molecule has 0 amide bonds. The minimum Gasteiger partial charge on any atom is -0.481 e. The molecule has 6 nitrogen and oxygen atoms in total. The lowest BCUT2D eigenvalue weighted by Crippen LogP contribution is -2.13. The molecule has 0 aliphatic heterocycles. The summed E-state index contributed by atoms with van der Waals surface area (Å²) in [7, 11) is -3.13. The third kappa shape index (κ3) is 10.4. The predicted molar refractivity (Wildman–Crippen MR) is 126 cm³/mol. The van der Waals surface area contributed by atoms with Crippen LogP contribution in [0.2, 0.25) is 0 Å². The molecule has 1 fully saturated rings. The SMILES string of the molecule is O=C(O)CCCc1ccc(C(=O)CCCCCS(=O)(=O)CCCCC(=O)[C]2[CH][CH][CH][CH]2)s1. The molecule has 0 unspecified atom stereocenters. The molecule has 1 saturated carbocycles. The van der Waals surface area contributed by atoms with E-state index < -0.39 is 15.8 Å². The molecular formula is C24H31O6S2. The summed E-state index contributed by atoms with van der Waals surface area (Å²) < 4.78 is 24.3. The van der Waals surface area contributed by atoms with Gasteiger partial charge in [0.05, 0.1) is 16.4 Å². The van der Waals surface area contributed by atoms with E-state index in [0.29, 0.717) is 68.6 Å². The summed E-state index contributed by atoms with van der Waals surface area (Å²) in [4.78, 5) is 36.4. The number of unbranched alkanes of at least 4 members (excludes halogenated alkanes) is 3. The van der Waals surface area contributed by atoms with Crippen LogP contribution in [-0.4, -0.2) is 42.6 Å². The van der Waals surface area contributed by atoms with Crippen molar-refractivity contribution in [2.75, 3.05) is 11.5 Å². The van der Waals surface area contributed by atoms with Gasteiger partial charge in [-0.2, -0.15) is 0 Å². The standard InChI is InChI=1S/C24H31O6S2/c25-21(19-9-3-4-10-19)12-5-7-18-32(29,30)17-6-1-2-13-22(26)23-16-15-20(31-23)11-8-14-24(27)28/h3-4,9-10,15-16H,1-2,5-8,11-14,17-18H2,(H,27,28). The lowest BCUT2D eigenvalue weighted by atomic mass is 9.98. The van der Waals surface area contributed by atoms with Crippen molar-refractivity contribution in [3.05, 3.63) is 53.5 Å². The smallest absolute Gasteiger partial charge is 0.303 e. The topological polar surface area (TPSA) is 106 Å². The van der Waals surface area contributed by atoms with Gasteiger partial charge >= 0.3 is 5.97 Å². The highest BCUT2D eigenvalue weighted by atomic mass is 32.2. The van der Waals surface area contributed by atoms with Gasteiger partial charge in [-0.3, -0.25) is 14.4 Å². The zero-order valence-corrected chi connectivity index (χ0v) is 19.9. The summed E-state index contributed by atoms with van der Waals surface area (Å²) in [6, 6.07) is 3.66. The van der Waals surface area contributed by atoms with Crippen molar-refractivity contribution in [3.8, 4) is 0 Å². The van der Waals surface area contributed by atoms with Crippen molar-refractivity contribution < 1.29 is 27.9 Å². The second-order valence-corrected chi connectivity index (χ2v) is 11.4. The number of Topliss-reactive ketones (excluding diaryl/α,β-unsaturated/α-hetero) is 2. The molecule has 1 N–H and O–H groups in total. The second-order valence-electron chi connectivity index (χ2n) is 7.95. The van der Waals surface area contributed by atoms with Crippen LogP contribution in [0.4, 0.5) is 0 Å². The number of thiophene rings is 1. The number of rotatable bonds is 17. The fourth-order valence-corrected chi connectivity index (χ4v) is 5.91. The largest absolute Gasteiger partial charge is 0.481 e. The minimum atomic E-state index is -3.13. The van der Waals surface area contributed by atoms with Gasteiger partial charge in [0.2, 0.25) is 0 Å². The molecule has 1 aromatic heterocycles. The lowest BCUT2D eigenvalue weighted by molar-refractivity contribution is -0.137. The molecule has 1 aliphatic carbocycles. The van der Waals surface area contributed by atoms with Crippen LogP contribution in [0.1, 0.15) is 72.3 Å². The van der Waals surface area contributed by atoms with Gasteiger partial charge in [0, 0.05) is 30.1 Å². The summed E-state index contributed by atoms with van der Waals surface area (Å²) >= 11 is 1.41. The summed E-state index contributed by atoms with van der Waals surface area (Å²) in [5.74, 6) is 0.181. The molecule has 8 heteroatoms. The quantitative estimate of drug-likeness (QED) is 0.261. The molecule has 5 radical (unpaired) electrons. The Morgan fingerprint density at radius 1 is 0.781 bits per heavy atom. The number of ketones is 2. The molecule has 2 rings (SSSR count). The number of carbonyl (C=O) groups excluding carboxylic acids is 2. The Labute approximate surface area is 195 Å². The highest BCUT2D eigenvalue weighted by Crippen LogP contribution is 2.25. The van der Waals surface area contributed by atoms with E-state index in [2.05, 4.69) is 0 Å². The minimum absolute atomic E-state index is 0.0511. The van der Waals surface area contributed by atoms with Gasteiger partial charge in [0.15, 0.2) is 5.78 Å². The zero-order chi connectivity index (χ0) is 23.4. The second kappa shape index (κ2) is 13.9. The number of aliphatic carboxylic acids is 1.